The van der Waals surface area contributed by atoms with Crippen LogP contribution in [0.25, 0.3) is 0 Å². The van der Waals surface area contributed by atoms with Crippen molar-refractivity contribution in [2.75, 3.05) is 39.5 Å². The van der Waals surface area contributed by atoms with Crippen LogP contribution in [0, 0.1) is 5.92 Å². The third-order valence-corrected chi connectivity index (χ3v) is 7.95. The Balaban J connectivity index is 1.38. The predicted octanol–water partition coefficient (Wildman–Crippen LogP) is 2.39. The standard InChI is InChI=1S/C27H37N3O6/c1-3-19(2)23(30-24(32)20-9-5-6-10-21(20)25(30)33)26(34)36-17-22(31)28-18-27(11-7-4-8-12-27)29-13-15-35-16-14-29/h5-6,9-10,19,23H,3-4,7-8,11-18H2,1-2H3,(H,28,31)/t19-,23-/m0/s1. The molecule has 0 aromatic heterocycles. The molecule has 2 fully saturated rings. The van der Waals surface area contributed by atoms with Crippen LogP contribution in [0.3, 0.4) is 0 Å². The summed E-state index contributed by atoms with van der Waals surface area (Å²) in [5, 5.41) is 2.98. The third kappa shape index (κ3) is 5.32. The van der Waals surface area contributed by atoms with E-state index in [0.717, 1.165) is 43.7 Å². The largest absolute Gasteiger partial charge is 0.454 e. The Morgan fingerprint density at radius 3 is 2.25 bits per heavy atom. The van der Waals surface area contributed by atoms with Gasteiger partial charge in [-0.2, -0.15) is 0 Å². The molecule has 1 aromatic rings. The number of carbonyl (C=O) groups is 4. The Bertz CT molecular complexity index is 948. The Hall–Kier alpha value is -2.78. The molecule has 2 aliphatic heterocycles. The summed E-state index contributed by atoms with van der Waals surface area (Å²) in [4.78, 5) is 55.2. The van der Waals surface area contributed by atoms with E-state index in [1.807, 2.05) is 6.92 Å². The zero-order valence-corrected chi connectivity index (χ0v) is 21.3. The Morgan fingerprint density at radius 1 is 1.06 bits per heavy atom. The first-order valence-corrected chi connectivity index (χ1v) is 13.1. The first-order valence-electron chi connectivity index (χ1n) is 13.1. The number of hydrogen-bond donors (Lipinski definition) is 1. The van der Waals surface area contributed by atoms with Gasteiger partial charge in [-0.15, -0.1) is 0 Å². The van der Waals surface area contributed by atoms with Crippen LogP contribution in [0.1, 0.15) is 73.1 Å². The molecule has 196 valence electrons. The zero-order valence-electron chi connectivity index (χ0n) is 21.3. The van der Waals surface area contributed by atoms with Crippen molar-refractivity contribution in [1.82, 2.24) is 15.1 Å². The van der Waals surface area contributed by atoms with Gasteiger partial charge in [-0.25, -0.2) is 4.79 Å². The number of benzene rings is 1. The second-order valence-electron chi connectivity index (χ2n) is 10.1. The van der Waals surface area contributed by atoms with Crippen LogP contribution in [-0.4, -0.2) is 84.5 Å². The molecule has 3 aliphatic rings. The number of nitrogens with zero attached hydrogens (tertiary/aromatic N) is 2. The average molecular weight is 500 g/mol. The number of rotatable bonds is 9. The molecule has 2 heterocycles. The lowest BCUT2D eigenvalue weighted by Gasteiger charge is -2.48. The molecule has 3 amide bonds. The number of ether oxygens (including phenoxy) is 2. The lowest BCUT2D eigenvalue weighted by Crippen LogP contribution is -2.60. The quantitative estimate of drug-likeness (QED) is 0.411. The number of amides is 3. The molecule has 0 radical (unpaired) electrons. The Labute approximate surface area is 212 Å². The van der Waals surface area contributed by atoms with Crippen molar-refractivity contribution < 1.29 is 28.7 Å². The van der Waals surface area contributed by atoms with E-state index in [1.54, 1.807) is 31.2 Å². The molecule has 36 heavy (non-hydrogen) atoms. The number of morpholine rings is 1. The molecule has 1 aliphatic carbocycles. The molecule has 1 saturated heterocycles. The van der Waals surface area contributed by atoms with Crippen molar-refractivity contribution in [2.45, 2.75) is 64.0 Å². The van der Waals surface area contributed by atoms with E-state index in [1.165, 1.54) is 6.42 Å². The van der Waals surface area contributed by atoms with Crippen molar-refractivity contribution in [3.63, 3.8) is 0 Å². The molecule has 1 N–H and O–H groups in total. The number of nitrogens with one attached hydrogen (secondary N) is 1. The SMILES string of the molecule is CC[C@H](C)[C@@H](C(=O)OCC(=O)NCC1(N2CCOCC2)CCCCC1)N1C(=O)c2ccccc2C1=O. The van der Waals surface area contributed by atoms with Gasteiger partial charge in [0.15, 0.2) is 6.61 Å². The van der Waals surface area contributed by atoms with Crippen molar-refractivity contribution in [2.24, 2.45) is 5.92 Å². The second-order valence-corrected chi connectivity index (χ2v) is 10.1. The molecule has 0 spiro atoms. The van der Waals surface area contributed by atoms with Gasteiger partial charge in [-0.05, 0) is 30.9 Å². The van der Waals surface area contributed by atoms with E-state index < -0.39 is 30.4 Å². The predicted molar refractivity (Wildman–Crippen MR) is 132 cm³/mol. The lowest BCUT2D eigenvalue weighted by atomic mass is 9.79. The fraction of sp³-hybridized carbons (Fsp3) is 0.630. The highest BCUT2D eigenvalue weighted by Crippen LogP contribution is 2.34. The van der Waals surface area contributed by atoms with Crippen molar-refractivity contribution in [3.8, 4) is 0 Å². The summed E-state index contributed by atoms with van der Waals surface area (Å²) in [5.74, 6) is -2.46. The fourth-order valence-electron chi connectivity index (χ4n) is 5.66. The number of esters is 1. The van der Waals surface area contributed by atoms with Crippen LogP contribution in [0.5, 0.6) is 0 Å². The number of carbonyl (C=O) groups excluding carboxylic acids is 4. The molecule has 0 bridgehead atoms. The van der Waals surface area contributed by atoms with Crippen LogP contribution in [-0.2, 0) is 19.1 Å². The summed E-state index contributed by atoms with van der Waals surface area (Å²) < 4.78 is 10.9. The Kier molecular flexibility index (Phi) is 8.41. The Morgan fingerprint density at radius 2 is 1.67 bits per heavy atom. The summed E-state index contributed by atoms with van der Waals surface area (Å²) in [6.45, 7) is 6.81. The van der Waals surface area contributed by atoms with Crippen LogP contribution >= 0.6 is 0 Å². The third-order valence-electron chi connectivity index (χ3n) is 7.95. The molecule has 1 saturated carbocycles. The molecule has 0 unspecified atom stereocenters. The van der Waals surface area contributed by atoms with E-state index in [2.05, 4.69) is 10.2 Å². The summed E-state index contributed by atoms with van der Waals surface area (Å²) in [6.07, 6.45) is 6.04. The molecule has 2 atom stereocenters. The van der Waals surface area contributed by atoms with Gasteiger partial charge >= 0.3 is 5.97 Å². The van der Waals surface area contributed by atoms with E-state index in [4.69, 9.17) is 9.47 Å². The molecule has 9 heteroatoms. The van der Waals surface area contributed by atoms with Crippen LogP contribution in [0.15, 0.2) is 24.3 Å². The van der Waals surface area contributed by atoms with Gasteiger partial charge in [-0.1, -0.05) is 51.7 Å². The fourth-order valence-corrected chi connectivity index (χ4v) is 5.66. The van der Waals surface area contributed by atoms with Crippen LogP contribution in [0.4, 0.5) is 0 Å². The van der Waals surface area contributed by atoms with Gasteiger partial charge in [0, 0.05) is 25.2 Å². The maximum Gasteiger partial charge on any atom is 0.330 e. The van der Waals surface area contributed by atoms with E-state index >= 15 is 0 Å². The zero-order chi connectivity index (χ0) is 25.7. The topological polar surface area (TPSA) is 105 Å². The summed E-state index contributed by atoms with van der Waals surface area (Å²) >= 11 is 0. The number of imide groups is 1. The first-order chi connectivity index (χ1) is 17.4. The van der Waals surface area contributed by atoms with Gasteiger partial charge < -0.3 is 14.8 Å². The lowest BCUT2D eigenvalue weighted by molar-refractivity contribution is -0.154. The van der Waals surface area contributed by atoms with E-state index in [9.17, 15) is 19.2 Å². The molecular weight excluding hydrogens is 462 g/mol. The maximum absolute atomic E-state index is 13.1. The molecule has 9 nitrogen and oxygen atoms in total. The minimum atomic E-state index is -1.09. The van der Waals surface area contributed by atoms with E-state index in [-0.39, 0.29) is 28.5 Å². The highest BCUT2D eigenvalue weighted by Gasteiger charge is 2.45. The highest BCUT2D eigenvalue weighted by molar-refractivity contribution is 6.22. The van der Waals surface area contributed by atoms with Crippen molar-refractivity contribution >= 4 is 23.7 Å². The molecule has 1 aromatic carbocycles. The maximum atomic E-state index is 13.1. The first kappa shape index (κ1) is 26.3. The summed E-state index contributed by atoms with van der Waals surface area (Å²) in [7, 11) is 0. The van der Waals surface area contributed by atoms with E-state index in [0.29, 0.717) is 26.2 Å². The summed E-state index contributed by atoms with van der Waals surface area (Å²) in [6, 6.07) is 5.44. The van der Waals surface area contributed by atoms with Crippen LogP contribution < -0.4 is 5.32 Å². The average Bonchev–Trinajstić information content (AvgIpc) is 3.17. The second kappa shape index (κ2) is 11.5. The van der Waals surface area contributed by atoms with Gasteiger partial charge in [0.25, 0.3) is 17.7 Å². The van der Waals surface area contributed by atoms with Crippen LogP contribution in [0.2, 0.25) is 0 Å². The number of fused-ring (bicyclic) bond motifs is 1. The highest BCUT2D eigenvalue weighted by atomic mass is 16.5. The monoisotopic (exact) mass is 499 g/mol. The molecule has 4 rings (SSSR count). The van der Waals surface area contributed by atoms with Gasteiger partial charge in [0.05, 0.1) is 24.3 Å². The van der Waals surface area contributed by atoms with Gasteiger partial charge in [0.1, 0.15) is 6.04 Å². The summed E-state index contributed by atoms with van der Waals surface area (Å²) in [5.41, 5.74) is 0.464. The molecular formula is C27H37N3O6. The smallest absolute Gasteiger partial charge is 0.330 e. The van der Waals surface area contributed by atoms with Crippen molar-refractivity contribution in [1.29, 1.82) is 0 Å². The van der Waals surface area contributed by atoms with Crippen molar-refractivity contribution in [3.05, 3.63) is 35.4 Å². The minimum absolute atomic E-state index is 0.0961. The number of hydrogen-bond acceptors (Lipinski definition) is 7. The normalized spacial score (nSPS) is 21.6. The van der Waals surface area contributed by atoms with Gasteiger partial charge in [0.2, 0.25) is 0 Å². The van der Waals surface area contributed by atoms with Gasteiger partial charge in [-0.3, -0.25) is 24.2 Å². The minimum Gasteiger partial charge on any atom is -0.454 e.